The van der Waals surface area contributed by atoms with Gasteiger partial charge in [-0.2, -0.15) is 0 Å². The highest BCUT2D eigenvalue weighted by Crippen LogP contribution is 2.13. The zero-order valence-corrected chi connectivity index (χ0v) is 11.8. The van der Waals surface area contributed by atoms with Crippen LogP contribution in [0, 0.1) is 5.92 Å². The van der Waals surface area contributed by atoms with Crippen molar-refractivity contribution in [1.29, 1.82) is 0 Å². The van der Waals surface area contributed by atoms with Crippen molar-refractivity contribution in [3.8, 4) is 0 Å². The number of sulfonamides is 1. The minimum Gasteiger partial charge on any atom is -0.325 e. The highest BCUT2D eigenvalue weighted by atomic mass is 32.2. The summed E-state index contributed by atoms with van der Waals surface area (Å²) in [5.74, 6) is 0.0302. The topological polar surface area (TPSA) is 115 Å². The molecule has 0 aliphatic rings. The van der Waals surface area contributed by atoms with Crippen LogP contribution in [0.4, 0.5) is 5.69 Å². The van der Waals surface area contributed by atoms with E-state index >= 15 is 0 Å². The lowest BCUT2D eigenvalue weighted by Crippen LogP contribution is -2.36. The Kier molecular flexibility index (Phi) is 5.04. The number of primary sulfonamides is 1. The molecule has 5 N–H and O–H groups in total. The van der Waals surface area contributed by atoms with Crippen LogP contribution in [-0.4, -0.2) is 20.4 Å². The molecule has 0 saturated carbocycles. The smallest absolute Gasteiger partial charge is 0.241 e. The van der Waals surface area contributed by atoms with E-state index in [0.29, 0.717) is 18.0 Å². The first kappa shape index (κ1) is 15.6. The zero-order chi connectivity index (χ0) is 14.6. The molecule has 1 aromatic carbocycles. The summed E-state index contributed by atoms with van der Waals surface area (Å²) < 4.78 is 22.1. The summed E-state index contributed by atoms with van der Waals surface area (Å²) in [6, 6.07) is 5.02. The zero-order valence-electron chi connectivity index (χ0n) is 11.0. The van der Waals surface area contributed by atoms with E-state index in [4.69, 9.17) is 10.9 Å². The molecule has 1 aromatic rings. The Labute approximate surface area is 113 Å². The van der Waals surface area contributed by atoms with Gasteiger partial charge in [0.2, 0.25) is 15.9 Å². The Bertz CT molecular complexity index is 538. The SMILES string of the molecule is CC(C)C[C@@H](N)C(=O)Nc1ccc(S(N)(=O)=O)cc1. The van der Waals surface area contributed by atoms with Crippen molar-refractivity contribution < 1.29 is 13.2 Å². The second-order valence-corrected chi connectivity index (χ2v) is 6.36. The van der Waals surface area contributed by atoms with Crippen LogP contribution < -0.4 is 16.2 Å². The molecule has 6 nitrogen and oxygen atoms in total. The van der Waals surface area contributed by atoms with E-state index in [2.05, 4.69) is 5.32 Å². The minimum absolute atomic E-state index is 0.00280. The number of benzene rings is 1. The Morgan fingerprint density at radius 3 is 2.21 bits per heavy atom. The normalized spacial score (nSPS) is 13.3. The van der Waals surface area contributed by atoms with Gasteiger partial charge in [0, 0.05) is 5.69 Å². The third-order valence-corrected chi connectivity index (χ3v) is 3.44. The maximum Gasteiger partial charge on any atom is 0.241 e. The highest BCUT2D eigenvalue weighted by Gasteiger charge is 2.15. The van der Waals surface area contributed by atoms with Crippen LogP contribution in [0.2, 0.25) is 0 Å². The van der Waals surface area contributed by atoms with Gasteiger partial charge in [-0.15, -0.1) is 0 Å². The van der Waals surface area contributed by atoms with Crippen molar-refractivity contribution >= 4 is 21.6 Å². The lowest BCUT2D eigenvalue weighted by atomic mass is 10.0. The Morgan fingerprint density at radius 2 is 1.79 bits per heavy atom. The summed E-state index contributed by atoms with van der Waals surface area (Å²) in [5, 5.41) is 7.60. The number of anilines is 1. The fraction of sp³-hybridized carbons (Fsp3) is 0.417. The molecule has 19 heavy (non-hydrogen) atoms. The maximum absolute atomic E-state index is 11.8. The molecule has 0 fully saturated rings. The third kappa shape index (κ3) is 4.98. The summed E-state index contributed by atoms with van der Waals surface area (Å²) in [6.45, 7) is 3.96. The third-order valence-electron chi connectivity index (χ3n) is 2.51. The summed E-state index contributed by atoms with van der Waals surface area (Å²) in [4.78, 5) is 11.7. The first-order chi connectivity index (χ1) is 8.70. The average Bonchev–Trinajstić information content (AvgIpc) is 2.27. The molecular formula is C12H19N3O3S. The van der Waals surface area contributed by atoms with Gasteiger partial charge in [0.05, 0.1) is 10.9 Å². The van der Waals surface area contributed by atoms with E-state index in [0.717, 1.165) is 0 Å². The molecule has 0 aliphatic heterocycles. The Hall–Kier alpha value is -1.44. The maximum atomic E-state index is 11.8. The fourth-order valence-corrected chi connectivity index (χ4v) is 2.09. The Balaban J connectivity index is 2.71. The number of carbonyl (C=O) groups excluding carboxylic acids is 1. The van der Waals surface area contributed by atoms with E-state index in [1.54, 1.807) is 0 Å². The summed E-state index contributed by atoms with van der Waals surface area (Å²) in [6.07, 6.45) is 0.584. The van der Waals surface area contributed by atoms with Gasteiger partial charge in [0.1, 0.15) is 0 Å². The molecule has 0 spiro atoms. The van der Waals surface area contributed by atoms with Crippen molar-refractivity contribution in [3.05, 3.63) is 24.3 Å². The lowest BCUT2D eigenvalue weighted by molar-refractivity contribution is -0.117. The lowest BCUT2D eigenvalue weighted by Gasteiger charge is -2.14. The first-order valence-corrected chi connectivity index (χ1v) is 7.44. The van der Waals surface area contributed by atoms with Crippen molar-refractivity contribution in [2.24, 2.45) is 16.8 Å². The van der Waals surface area contributed by atoms with Gasteiger partial charge in [-0.05, 0) is 36.6 Å². The standard InChI is InChI=1S/C12H19N3O3S/c1-8(2)7-11(13)12(16)15-9-3-5-10(6-4-9)19(14,17)18/h3-6,8,11H,7,13H2,1-2H3,(H,15,16)(H2,14,17,18)/t11-/m1/s1. The number of hydrogen-bond donors (Lipinski definition) is 3. The molecular weight excluding hydrogens is 266 g/mol. The van der Waals surface area contributed by atoms with Crippen molar-refractivity contribution in [3.63, 3.8) is 0 Å². The monoisotopic (exact) mass is 285 g/mol. The van der Waals surface area contributed by atoms with Gasteiger partial charge in [0.25, 0.3) is 0 Å². The molecule has 0 aromatic heterocycles. The second kappa shape index (κ2) is 6.14. The minimum atomic E-state index is -3.72. The first-order valence-electron chi connectivity index (χ1n) is 5.89. The van der Waals surface area contributed by atoms with E-state index < -0.39 is 16.1 Å². The molecule has 0 unspecified atom stereocenters. The van der Waals surface area contributed by atoms with Crippen LogP contribution >= 0.6 is 0 Å². The van der Waals surface area contributed by atoms with Crippen LogP contribution in [0.1, 0.15) is 20.3 Å². The van der Waals surface area contributed by atoms with E-state index in [1.807, 2.05) is 13.8 Å². The summed E-state index contributed by atoms with van der Waals surface area (Å²) in [7, 11) is -3.72. The number of nitrogens with two attached hydrogens (primary N) is 2. The van der Waals surface area contributed by atoms with E-state index in [1.165, 1.54) is 24.3 Å². The van der Waals surface area contributed by atoms with Crippen molar-refractivity contribution in [1.82, 2.24) is 0 Å². The molecule has 1 rings (SSSR count). The molecule has 7 heteroatoms. The molecule has 0 aliphatic carbocycles. The van der Waals surface area contributed by atoms with Gasteiger partial charge < -0.3 is 11.1 Å². The molecule has 1 atom stereocenters. The predicted octanol–water partition coefficient (Wildman–Crippen LogP) is 0.646. The fourth-order valence-electron chi connectivity index (χ4n) is 1.58. The Morgan fingerprint density at radius 1 is 1.26 bits per heavy atom. The molecule has 0 radical (unpaired) electrons. The van der Waals surface area contributed by atoms with Gasteiger partial charge >= 0.3 is 0 Å². The van der Waals surface area contributed by atoms with Gasteiger partial charge in [-0.1, -0.05) is 13.8 Å². The number of nitrogens with one attached hydrogen (secondary N) is 1. The number of amides is 1. The molecule has 0 heterocycles. The predicted molar refractivity (Wildman–Crippen MR) is 73.9 cm³/mol. The number of hydrogen-bond acceptors (Lipinski definition) is 4. The van der Waals surface area contributed by atoms with E-state index in [9.17, 15) is 13.2 Å². The van der Waals surface area contributed by atoms with Crippen LogP contribution in [0.5, 0.6) is 0 Å². The molecule has 106 valence electrons. The number of carbonyl (C=O) groups is 1. The van der Waals surface area contributed by atoms with Gasteiger partial charge in [-0.3, -0.25) is 4.79 Å². The molecule has 1 amide bonds. The highest BCUT2D eigenvalue weighted by molar-refractivity contribution is 7.89. The van der Waals surface area contributed by atoms with Gasteiger partial charge in [0.15, 0.2) is 0 Å². The van der Waals surface area contributed by atoms with Crippen LogP contribution in [0.25, 0.3) is 0 Å². The number of rotatable bonds is 5. The quantitative estimate of drug-likeness (QED) is 0.736. The van der Waals surface area contributed by atoms with Crippen molar-refractivity contribution in [2.45, 2.75) is 31.2 Å². The molecule has 0 bridgehead atoms. The molecule has 0 saturated heterocycles. The van der Waals surface area contributed by atoms with Crippen LogP contribution in [-0.2, 0) is 14.8 Å². The van der Waals surface area contributed by atoms with Gasteiger partial charge in [-0.25, -0.2) is 13.6 Å². The average molecular weight is 285 g/mol. The summed E-state index contributed by atoms with van der Waals surface area (Å²) >= 11 is 0. The van der Waals surface area contributed by atoms with Crippen LogP contribution in [0.15, 0.2) is 29.2 Å². The largest absolute Gasteiger partial charge is 0.325 e. The van der Waals surface area contributed by atoms with Crippen LogP contribution in [0.3, 0.4) is 0 Å². The summed E-state index contributed by atoms with van der Waals surface area (Å²) in [5.41, 5.74) is 6.22. The van der Waals surface area contributed by atoms with Crippen molar-refractivity contribution in [2.75, 3.05) is 5.32 Å². The van der Waals surface area contributed by atoms with E-state index in [-0.39, 0.29) is 10.8 Å². The second-order valence-electron chi connectivity index (χ2n) is 4.79.